The van der Waals surface area contributed by atoms with Crippen LogP contribution in [0.4, 0.5) is 0 Å². The van der Waals surface area contributed by atoms with Gasteiger partial charge < -0.3 is 9.88 Å². The van der Waals surface area contributed by atoms with Crippen LogP contribution in [0.25, 0.3) is 0 Å². The van der Waals surface area contributed by atoms with Crippen LogP contribution in [0.1, 0.15) is 38.4 Å². The first kappa shape index (κ1) is 13.6. The zero-order valence-electron chi connectivity index (χ0n) is 11.9. The van der Waals surface area contributed by atoms with E-state index in [-0.39, 0.29) is 0 Å². The summed E-state index contributed by atoms with van der Waals surface area (Å²) in [5.41, 5.74) is 1.34. The van der Waals surface area contributed by atoms with Crippen molar-refractivity contribution in [3.8, 4) is 0 Å². The van der Waals surface area contributed by atoms with Gasteiger partial charge in [-0.2, -0.15) is 0 Å². The van der Waals surface area contributed by atoms with Crippen LogP contribution >= 0.6 is 0 Å². The number of aromatic nitrogens is 2. The summed E-state index contributed by atoms with van der Waals surface area (Å²) in [6, 6.07) is 0.500. The number of nitrogens with zero attached hydrogens (tertiary/aromatic N) is 3. The van der Waals surface area contributed by atoms with E-state index in [9.17, 15) is 0 Å². The molecule has 2 heterocycles. The van der Waals surface area contributed by atoms with Crippen molar-refractivity contribution in [3.63, 3.8) is 0 Å². The summed E-state index contributed by atoms with van der Waals surface area (Å²) in [7, 11) is 2.05. The fourth-order valence-corrected chi connectivity index (χ4v) is 2.90. The summed E-state index contributed by atoms with van der Waals surface area (Å²) in [5.74, 6) is 0.805. The van der Waals surface area contributed by atoms with Gasteiger partial charge in [-0.3, -0.25) is 4.90 Å². The quantitative estimate of drug-likeness (QED) is 0.866. The van der Waals surface area contributed by atoms with Crippen molar-refractivity contribution in [2.45, 2.75) is 39.3 Å². The van der Waals surface area contributed by atoms with E-state index in [2.05, 4.69) is 33.6 Å². The molecule has 18 heavy (non-hydrogen) atoms. The zero-order chi connectivity index (χ0) is 13.0. The minimum Gasteiger partial charge on any atom is -0.331 e. The molecule has 0 bridgehead atoms. The van der Waals surface area contributed by atoms with Gasteiger partial charge in [-0.1, -0.05) is 0 Å². The first-order valence-corrected chi connectivity index (χ1v) is 7.08. The number of likely N-dealkylation sites (tertiary alicyclic amines) is 1. The Labute approximate surface area is 110 Å². The van der Waals surface area contributed by atoms with Crippen LogP contribution in [0.5, 0.6) is 0 Å². The van der Waals surface area contributed by atoms with Gasteiger partial charge in [0, 0.05) is 25.3 Å². The molecule has 1 fully saturated rings. The van der Waals surface area contributed by atoms with Gasteiger partial charge in [-0.15, -0.1) is 0 Å². The van der Waals surface area contributed by atoms with Gasteiger partial charge in [0.2, 0.25) is 0 Å². The van der Waals surface area contributed by atoms with Crippen LogP contribution in [0.2, 0.25) is 0 Å². The van der Waals surface area contributed by atoms with Crippen molar-refractivity contribution in [1.82, 2.24) is 19.8 Å². The number of nitrogens with one attached hydrogen (secondary N) is 1. The van der Waals surface area contributed by atoms with Crippen LogP contribution in [0.15, 0.2) is 12.5 Å². The van der Waals surface area contributed by atoms with Crippen LogP contribution in [0.3, 0.4) is 0 Å². The number of piperidine rings is 1. The second-order valence-corrected chi connectivity index (χ2v) is 5.69. The summed E-state index contributed by atoms with van der Waals surface area (Å²) in [5, 5.41) is 3.30. The lowest BCUT2D eigenvalue weighted by atomic mass is 9.98. The maximum atomic E-state index is 4.29. The molecule has 0 aromatic carbocycles. The molecule has 2 rings (SSSR count). The second kappa shape index (κ2) is 6.34. The molecule has 1 atom stereocenters. The van der Waals surface area contributed by atoms with Crippen molar-refractivity contribution in [3.05, 3.63) is 18.2 Å². The Kier molecular flexibility index (Phi) is 4.78. The van der Waals surface area contributed by atoms with Crippen molar-refractivity contribution in [1.29, 1.82) is 0 Å². The van der Waals surface area contributed by atoms with Gasteiger partial charge in [0.1, 0.15) is 0 Å². The summed E-state index contributed by atoms with van der Waals surface area (Å²) < 4.78 is 2.28. The van der Waals surface area contributed by atoms with Crippen molar-refractivity contribution in [2.24, 2.45) is 5.92 Å². The van der Waals surface area contributed by atoms with E-state index in [4.69, 9.17) is 0 Å². The van der Waals surface area contributed by atoms with Crippen LogP contribution < -0.4 is 5.32 Å². The van der Waals surface area contributed by atoms with E-state index in [0.29, 0.717) is 6.04 Å². The Morgan fingerprint density at radius 1 is 1.50 bits per heavy atom. The Hall–Kier alpha value is -0.870. The van der Waals surface area contributed by atoms with Gasteiger partial charge in [0.15, 0.2) is 0 Å². The molecule has 1 aromatic rings. The topological polar surface area (TPSA) is 33.1 Å². The third-order valence-electron chi connectivity index (χ3n) is 3.78. The number of imidazole rings is 1. The fourth-order valence-electron chi connectivity index (χ4n) is 2.90. The van der Waals surface area contributed by atoms with E-state index < -0.39 is 0 Å². The third-order valence-corrected chi connectivity index (χ3v) is 3.78. The molecule has 1 N–H and O–H groups in total. The number of hydrogen-bond donors (Lipinski definition) is 1. The molecule has 1 aliphatic heterocycles. The SMILES string of the molecule is CNCC1CCCN(Cc2cncn2C(C)C)C1. The molecule has 4 heteroatoms. The van der Waals surface area contributed by atoms with E-state index in [1.807, 2.05) is 19.6 Å². The molecule has 1 unspecified atom stereocenters. The Morgan fingerprint density at radius 3 is 3.06 bits per heavy atom. The van der Waals surface area contributed by atoms with Crippen LogP contribution in [-0.2, 0) is 6.54 Å². The van der Waals surface area contributed by atoms with Crippen LogP contribution in [-0.4, -0.2) is 41.1 Å². The largest absolute Gasteiger partial charge is 0.331 e. The molecule has 1 saturated heterocycles. The summed E-state index contributed by atoms with van der Waals surface area (Å²) in [6.45, 7) is 9.04. The third kappa shape index (κ3) is 3.33. The summed E-state index contributed by atoms with van der Waals surface area (Å²) in [4.78, 5) is 6.86. The lowest BCUT2D eigenvalue weighted by molar-refractivity contribution is 0.163. The fraction of sp³-hybridized carbons (Fsp3) is 0.786. The first-order valence-electron chi connectivity index (χ1n) is 7.08. The predicted molar refractivity (Wildman–Crippen MR) is 74.5 cm³/mol. The predicted octanol–water partition coefficient (Wildman–Crippen LogP) is 1.90. The molecule has 0 saturated carbocycles. The summed E-state index contributed by atoms with van der Waals surface area (Å²) in [6.07, 6.45) is 6.65. The monoisotopic (exact) mass is 250 g/mol. The number of hydrogen-bond acceptors (Lipinski definition) is 3. The van der Waals surface area contributed by atoms with Crippen molar-refractivity contribution >= 4 is 0 Å². The van der Waals surface area contributed by atoms with E-state index in [1.165, 1.54) is 31.6 Å². The number of rotatable bonds is 5. The highest BCUT2D eigenvalue weighted by Crippen LogP contribution is 2.19. The molecule has 0 spiro atoms. The van der Waals surface area contributed by atoms with Crippen molar-refractivity contribution in [2.75, 3.05) is 26.7 Å². The van der Waals surface area contributed by atoms with Crippen LogP contribution in [0, 0.1) is 5.92 Å². The molecule has 1 aromatic heterocycles. The average molecular weight is 250 g/mol. The Balaban J connectivity index is 1.94. The molecule has 0 aliphatic carbocycles. The van der Waals surface area contributed by atoms with E-state index in [0.717, 1.165) is 19.0 Å². The molecule has 0 radical (unpaired) electrons. The first-order chi connectivity index (χ1) is 8.70. The minimum absolute atomic E-state index is 0.500. The Bertz CT molecular complexity index is 356. The maximum Gasteiger partial charge on any atom is 0.0951 e. The highest BCUT2D eigenvalue weighted by Gasteiger charge is 2.20. The van der Waals surface area contributed by atoms with E-state index in [1.54, 1.807) is 0 Å². The van der Waals surface area contributed by atoms with Crippen molar-refractivity contribution < 1.29 is 0 Å². The molecule has 1 aliphatic rings. The normalized spacial score (nSPS) is 21.7. The molecular formula is C14H26N4. The second-order valence-electron chi connectivity index (χ2n) is 5.69. The Morgan fingerprint density at radius 2 is 2.33 bits per heavy atom. The van der Waals surface area contributed by atoms with Gasteiger partial charge in [0.05, 0.1) is 12.0 Å². The highest BCUT2D eigenvalue weighted by molar-refractivity contribution is 5.00. The standard InChI is InChI=1S/C14H26N4/c1-12(2)18-11-16-8-14(18)10-17-6-4-5-13(9-17)7-15-3/h8,11-13,15H,4-7,9-10H2,1-3H3. The average Bonchev–Trinajstić information content (AvgIpc) is 2.78. The smallest absolute Gasteiger partial charge is 0.0951 e. The van der Waals surface area contributed by atoms with Gasteiger partial charge in [-0.05, 0) is 52.7 Å². The lowest BCUT2D eigenvalue weighted by Crippen LogP contribution is -2.38. The zero-order valence-corrected chi connectivity index (χ0v) is 11.9. The van der Waals surface area contributed by atoms with E-state index >= 15 is 0 Å². The highest BCUT2D eigenvalue weighted by atomic mass is 15.2. The maximum absolute atomic E-state index is 4.29. The lowest BCUT2D eigenvalue weighted by Gasteiger charge is -2.32. The summed E-state index contributed by atoms with van der Waals surface area (Å²) >= 11 is 0. The van der Waals surface area contributed by atoms with Gasteiger partial charge in [0.25, 0.3) is 0 Å². The van der Waals surface area contributed by atoms with Gasteiger partial charge in [-0.25, -0.2) is 4.98 Å². The molecular weight excluding hydrogens is 224 g/mol. The minimum atomic E-state index is 0.500. The molecule has 0 amide bonds. The molecule has 4 nitrogen and oxygen atoms in total. The van der Waals surface area contributed by atoms with Gasteiger partial charge >= 0.3 is 0 Å². The molecule has 102 valence electrons.